The maximum absolute atomic E-state index is 11.3. The van der Waals surface area contributed by atoms with Gasteiger partial charge in [0, 0.05) is 12.1 Å². The van der Waals surface area contributed by atoms with Crippen LogP contribution >= 0.6 is 0 Å². The first-order valence-electron chi connectivity index (χ1n) is 6.15. The SMILES string of the molecule is CCOC(=O)NCc1cc(C(C)C)ccc1OC. The molecule has 0 spiro atoms. The first-order valence-corrected chi connectivity index (χ1v) is 6.15. The number of benzene rings is 1. The molecule has 1 aromatic carbocycles. The lowest BCUT2D eigenvalue weighted by Gasteiger charge is -2.13. The largest absolute Gasteiger partial charge is 0.496 e. The molecule has 0 unspecified atom stereocenters. The van der Waals surface area contributed by atoms with Crippen molar-refractivity contribution in [1.82, 2.24) is 5.32 Å². The molecule has 1 amide bonds. The second-order valence-electron chi connectivity index (χ2n) is 4.30. The summed E-state index contributed by atoms with van der Waals surface area (Å²) < 4.78 is 10.1. The summed E-state index contributed by atoms with van der Waals surface area (Å²) in [5.41, 5.74) is 2.17. The Kier molecular flexibility index (Phi) is 5.49. The summed E-state index contributed by atoms with van der Waals surface area (Å²) in [6.45, 7) is 6.81. The number of methoxy groups -OCH3 is 1. The maximum Gasteiger partial charge on any atom is 0.407 e. The summed E-state index contributed by atoms with van der Waals surface area (Å²) in [5.74, 6) is 1.22. The molecule has 1 rings (SSSR count). The molecule has 0 aliphatic carbocycles. The average molecular weight is 251 g/mol. The van der Waals surface area contributed by atoms with Crippen molar-refractivity contribution in [1.29, 1.82) is 0 Å². The number of carbonyl (C=O) groups excluding carboxylic acids is 1. The minimum Gasteiger partial charge on any atom is -0.496 e. The van der Waals surface area contributed by atoms with E-state index in [0.29, 0.717) is 19.1 Å². The fourth-order valence-corrected chi connectivity index (χ4v) is 1.65. The molecule has 0 fully saturated rings. The molecule has 4 nitrogen and oxygen atoms in total. The minimum absolute atomic E-state index is 0.370. The molecule has 1 N–H and O–H groups in total. The van der Waals surface area contributed by atoms with E-state index in [0.717, 1.165) is 11.3 Å². The molecule has 0 atom stereocenters. The molecule has 0 bridgehead atoms. The number of nitrogens with one attached hydrogen (secondary N) is 1. The smallest absolute Gasteiger partial charge is 0.407 e. The number of carbonyl (C=O) groups is 1. The number of amides is 1. The van der Waals surface area contributed by atoms with E-state index in [4.69, 9.17) is 9.47 Å². The molecule has 4 heteroatoms. The third kappa shape index (κ3) is 3.95. The molecule has 0 radical (unpaired) electrons. The van der Waals surface area contributed by atoms with Gasteiger partial charge in [0.15, 0.2) is 0 Å². The van der Waals surface area contributed by atoms with Gasteiger partial charge in [-0.05, 0) is 24.5 Å². The first kappa shape index (κ1) is 14.4. The van der Waals surface area contributed by atoms with E-state index >= 15 is 0 Å². The molecule has 0 saturated heterocycles. The van der Waals surface area contributed by atoms with Crippen LogP contribution in [0.15, 0.2) is 18.2 Å². The van der Waals surface area contributed by atoms with Gasteiger partial charge < -0.3 is 14.8 Å². The highest BCUT2D eigenvalue weighted by Gasteiger charge is 2.08. The van der Waals surface area contributed by atoms with Crippen LogP contribution in [-0.2, 0) is 11.3 Å². The maximum atomic E-state index is 11.3. The Morgan fingerprint density at radius 2 is 2.11 bits per heavy atom. The number of hydrogen-bond donors (Lipinski definition) is 1. The average Bonchev–Trinajstić information content (AvgIpc) is 2.36. The van der Waals surface area contributed by atoms with Gasteiger partial charge in [-0.15, -0.1) is 0 Å². The standard InChI is InChI=1S/C14H21NO3/c1-5-18-14(16)15-9-12-8-11(10(2)3)6-7-13(12)17-4/h6-8,10H,5,9H2,1-4H3,(H,15,16). The van der Waals surface area contributed by atoms with Gasteiger partial charge in [0.1, 0.15) is 5.75 Å². The summed E-state index contributed by atoms with van der Waals surface area (Å²) in [5, 5.41) is 2.70. The Morgan fingerprint density at radius 3 is 2.67 bits per heavy atom. The molecule has 18 heavy (non-hydrogen) atoms. The van der Waals surface area contributed by atoms with Crippen LogP contribution in [0.5, 0.6) is 5.75 Å². The Hall–Kier alpha value is -1.71. The zero-order chi connectivity index (χ0) is 13.5. The molecule has 0 aliphatic rings. The fraction of sp³-hybridized carbons (Fsp3) is 0.500. The summed E-state index contributed by atoms with van der Waals surface area (Å²) in [7, 11) is 1.62. The third-order valence-corrected chi connectivity index (χ3v) is 2.67. The van der Waals surface area contributed by atoms with Gasteiger partial charge in [-0.1, -0.05) is 26.0 Å². The third-order valence-electron chi connectivity index (χ3n) is 2.67. The second kappa shape index (κ2) is 6.89. The van der Waals surface area contributed by atoms with Crippen molar-refractivity contribution in [2.24, 2.45) is 0 Å². The predicted octanol–water partition coefficient (Wildman–Crippen LogP) is 3.06. The van der Waals surface area contributed by atoms with Crippen LogP contribution < -0.4 is 10.1 Å². The number of hydrogen-bond acceptors (Lipinski definition) is 3. The van der Waals surface area contributed by atoms with Gasteiger partial charge >= 0.3 is 6.09 Å². The van der Waals surface area contributed by atoms with Gasteiger partial charge in [-0.25, -0.2) is 4.79 Å². The van der Waals surface area contributed by atoms with E-state index in [1.54, 1.807) is 14.0 Å². The van der Waals surface area contributed by atoms with E-state index in [1.165, 1.54) is 5.56 Å². The Bertz CT molecular complexity index is 402. The molecule has 0 saturated carbocycles. The number of ether oxygens (including phenoxy) is 2. The molecular weight excluding hydrogens is 230 g/mol. The normalized spacial score (nSPS) is 10.3. The zero-order valence-corrected chi connectivity index (χ0v) is 11.4. The topological polar surface area (TPSA) is 47.6 Å². The highest BCUT2D eigenvalue weighted by Crippen LogP contribution is 2.24. The lowest BCUT2D eigenvalue weighted by molar-refractivity contribution is 0.151. The van der Waals surface area contributed by atoms with Crippen LogP contribution in [0.25, 0.3) is 0 Å². The van der Waals surface area contributed by atoms with Crippen molar-refractivity contribution in [2.75, 3.05) is 13.7 Å². The first-order chi connectivity index (χ1) is 8.58. The van der Waals surface area contributed by atoms with Crippen molar-refractivity contribution in [3.63, 3.8) is 0 Å². The number of rotatable bonds is 5. The van der Waals surface area contributed by atoms with E-state index in [-0.39, 0.29) is 0 Å². The van der Waals surface area contributed by atoms with Crippen LogP contribution in [0.2, 0.25) is 0 Å². The lowest BCUT2D eigenvalue weighted by atomic mass is 10.0. The zero-order valence-electron chi connectivity index (χ0n) is 11.4. The molecule has 100 valence electrons. The highest BCUT2D eigenvalue weighted by molar-refractivity contribution is 5.67. The Balaban J connectivity index is 2.78. The van der Waals surface area contributed by atoms with Gasteiger partial charge in [0.25, 0.3) is 0 Å². The predicted molar refractivity (Wildman–Crippen MR) is 70.9 cm³/mol. The highest BCUT2D eigenvalue weighted by atomic mass is 16.5. The van der Waals surface area contributed by atoms with E-state index in [9.17, 15) is 4.79 Å². The van der Waals surface area contributed by atoms with E-state index in [2.05, 4.69) is 25.2 Å². The molecule has 0 aliphatic heterocycles. The molecular formula is C14H21NO3. The van der Waals surface area contributed by atoms with Crippen LogP contribution in [0, 0.1) is 0 Å². The van der Waals surface area contributed by atoms with Crippen molar-refractivity contribution >= 4 is 6.09 Å². The Labute approximate surface area is 108 Å². The fourth-order valence-electron chi connectivity index (χ4n) is 1.65. The lowest BCUT2D eigenvalue weighted by Crippen LogP contribution is -2.24. The van der Waals surface area contributed by atoms with Gasteiger partial charge in [-0.3, -0.25) is 0 Å². The van der Waals surface area contributed by atoms with E-state index in [1.807, 2.05) is 12.1 Å². The van der Waals surface area contributed by atoms with Gasteiger partial charge in [0.2, 0.25) is 0 Å². The minimum atomic E-state index is -0.408. The van der Waals surface area contributed by atoms with Crippen LogP contribution in [0.3, 0.4) is 0 Å². The van der Waals surface area contributed by atoms with Crippen molar-refractivity contribution in [3.05, 3.63) is 29.3 Å². The van der Waals surface area contributed by atoms with Crippen LogP contribution in [-0.4, -0.2) is 19.8 Å². The van der Waals surface area contributed by atoms with Gasteiger partial charge in [-0.2, -0.15) is 0 Å². The molecule has 1 aromatic rings. The summed E-state index contributed by atoms with van der Waals surface area (Å²) in [6, 6.07) is 6.02. The van der Waals surface area contributed by atoms with Crippen molar-refractivity contribution in [3.8, 4) is 5.75 Å². The summed E-state index contributed by atoms with van der Waals surface area (Å²) in [6.07, 6.45) is -0.408. The van der Waals surface area contributed by atoms with Crippen molar-refractivity contribution in [2.45, 2.75) is 33.2 Å². The van der Waals surface area contributed by atoms with Crippen LogP contribution in [0.4, 0.5) is 4.79 Å². The van der Waals surface area contributed by atoms with E-state index < -0.39 is 6.09 Å². The monoisotopic (exact) mass is 251 g/mol. The second-order valence-corrected chi connectivity index (χ2v) is 4.30. The summed E-state index contributed by atoms with van der Waals surface area (Å²) in [4.78, 5) is 11.3. The molecule has 0 aromatic heterocycles. The van der Waals surface area contributed by atoms with Gasteiger partial charge in [0.05, 0.1) is 13.7 Å². The summed E-state index contributed by atoms with van der Waals surface area (Å²) >= 11 is 0. The quantitative estimate of drug-likeness (QED) is 0.874. The van der Waals surface area contributed by atoms with Crippen LogP contribution in [0.1, 0.15) is 37.8 Å². The number of alkyl carbamates (subject to hydrolysis) is 1. The molecule has 0 heterocycles. The van der Waals surface area contributed by atoms with Crippen molar-refractivity contribution < 1.29 is 14.3 Å². The Morgan fingerprint density at radius 1 is 1.39 bits per heavy atom.